The van der Waals surface area contributed by atoms with E-state index in [1.807, 2.05) is 6.92 Å². The summed E-state index contributed by atoms with van der Waals surface area (Å²) in [6.07, 6.45) is 2.39. The number of hydrogen-bond acceptors (Lipinski definition) is 2. The zero-order valence-corrected chi connectivity index (χ0v) is 10.3. The fourth-order valence-corrected chi connectivity index (χ4v) is 4.16. The van der Waals surface area contributed by atoms with Crippen molar-refractivity contribution in [2.75, 3.05) is 0 Å². The Labute approximate surface area is 92.7 Å². The van der Waals surface area contributed by atoms with Gasteiger partial charge in [0.25, 0.3) is 0 Å². The standard InChI is InChI=1S/C13H24O2/c1-5-9(14)10-8-6-7-13(4,11(10)15)12(8,2)3/h8-11,14-15H,5-7H2,1-4H3. The molecule has 2 N–H and O–H groups in total. The second kappa shape index (κ2) is 3.21. The lowest BCUT2D eigenvalue weighted by Crippen LogP contribution is -2.41. The lowest BCUT2D eigenvalue weighted by molar-refractivity contribution is -0.0510. The van der Waals surface area contributed by atoms with Gasteiger partial charge in [-0.05, 0) is 36.0 Å². The Morgan fingerprint density at radius 2 is 1.93 bits per heavy atom. The Morgan fingerprint density at radius 3 is 2.33 bits per heavy atom. The minimum absolute atomic E-state index is 0.0124. The Balaban J connectivity index is 2.34. The summed E-state index contributed by atoms with van der Waals surface area (Å²) >= 11 is 0. The van der Waals surface area contributed by atoms with Gasteiger partial charge in [-0.1, -0.05) is 27.7 Å². The van der Waals surface area contributed by atoms with E-state index in [4.69, 9.17) is 0 Å². The van der Waals surface area contributed by atoms with Crippen LogP contribution in [0.1, 0.15) is 47.0 Å². The van der Waals surface area contributed by atoms with E-state index in [1.165, 1.54) is 6.42 Å². The Morgan fingerprint density at radius 1 is 1.33 bits per heavy atom. The van der Waals surface area contributed by atoms with Gasteiger partial charge in [0.15, 0.2) is 0 Å². The fraction of sp³-hybridized carbons (Fsp3) is 1.00. The van der Waals surface area contributed by atoms with E-state index in [1.54, 1.807) is 0 Å². The predicted molar refractivity (Wildman–Crippen MR) is 60.4 cm³/mol. The molecule has 2 nitrogen and oxygen atoms in total. The third-order valence-corrected chi connectivity index (χ3v) is 5.72. The summed E-state index contributed by atoms with van der Waals surface area (Å²) in [7, 11) is 0. The van der Waals surface area contributed by atoms with Crippen molar-refractivity contribution in [2.24, 2.45) is 22.7 Å². The molecule has 2 aliphatic carbocycles. The molecule has 0 saturated heterocycles. The molecule has 0 heterocycles. The Hall–Kier alpha value is -0.0800. The molecule has 0 aromatic heterocycles. The summed E-state index contributed by atoms with van der Waals surface area (Å²) in [4.78, 5) is 0. The van der Waals surface area contributed by atoms with Crippen molar-refractivity contribution in [1.82, 2.24) is 0 Å². The molecule has 0 amide bonds. The summed E-state index contributed by atoms with van der Waals surface area (Å²) in [5, 5.41) is 20.5. The number of hydrogen-bond donors (Lipinski definition) is 2. The molecule has 2 fully saturated rings. The predicted octanol–water partition coefficient (Wildman–Crippen LogP) is 2.19. The molecule has 15 heavy (non-hydrogen) atoms. The molecular weight excluding hydrogens is 188 g/mol. The Kier molecular flexibility index (Phi) is 2.44. The van der Waals surface area contributed by atoms with E-state index in [2.05, 4.69) is 20.8 Å². The first-order valence-corrected chi connectivity index (χ1v) is 6.22. The molecule has 2 heteroatoms. The molecule has 2 saturated carbocycles. The quantitative estimate of drug-likeness (QED) is 0.736. The van der Waals surface area contributed by atoms with Crippen molar-refractivity contribution in [1.29, 1.82) is 0 Å². The maximum absolute atomic E-state index is 10.4. The summed E-state index contributed by atoms with van der Waals surface area (Å²) in [6, 6.07) is 0. The minimum atomic E-state index is -0.327. The second-order valence-electron chi connectivity index (χ2n) is 6.28. The van der Waals surface area contributed by atoms with Crippen LogP contribution in [-0.4, -0.2) is 22.4 Å². The van der Waals surface area contributed by atoms with Crippen LogP contribution in [0, 0.1) is 22.7 Å². The first-order chi connectivity index (χ1) is 6.86. The minimum Gasteiger partial charge on any atom is -0.393 e. The number of aliphatic hydroxyl groups excluding tert-OH is 2. The van der Waals surface area contributed by atoms with Gasteiger partial charge in [-0.25, -0.2) is 0 Å². The molecule has 0 radical (unpaired) electrons. The molecule has 2 rings (SSSR count). The third kappa shape index (κ3) is 1.18. The van der Waals surface area contributed by atoms with Crippen LogP contribution in [0.4, 0.5) is 0 Å². The van der Waals surface area contributed by atoms with Gasteiger partial charge >= 0.3 is 0 Å². The molecule has 5 atom stereocenters. The van der Waals surface area contributed by atoms with Crippen LogP contribution in [-0.2, 0) is 0 Å². The molecule has 0 aliphatic heterocycles. The monoisotopic (exact) mass is 212 g/mol. The SMILES string of the molecule is CCC(O)C1C2CCC(C)(C1O)C2(C)C. The van der Waals surface area contributed by atoms with Crippen molar-refractivity contribution in [3.05, 3.63) is 0 Å². The highest BCUT2D eigenvalue weighted by Crippen LogP contribution is 2.68. The molecule has 88 valence electrons. The molecule has 0 aromatic carbocycles. The van der Waals surface area contributed by atoms with Crippen molar-refractivity contribution >= 4 is 0 Å². The highest BCUT2D eigenvalue weighted by molar-refractivity contribution is 5.15. The zero-order valence-electron chi connectivity index (χ0n) is 10.3. The van der Waals surface area contributed by atoms with Crippen LogP contribution < -0.4 is 0 Å². The van der Waals surface area contributed by atoms with Crippen LogP contribution >= 0.6 is 0 Å². The summed E-state index contributed by atoms with van der Waals surface area (Å²) in [5.41, 5.74) is 0.186. The molecular formula is C13H24O2. The lowest BCUT2D eigenvalue weighted by Gasteiger charge is -2.37. The molecule has 2 aliphatic rings. The van der Waals surface area contributed by atoms with Crippen LogP contribution in [0.5, 0.6) is 0 Å². The van der Waals surface area contributed by atoms with E-state index in [0.29, 0.717) is 5.92 Å². The summed E-state index contributed by atoms with van der Waals surface area (Å²) in [6.45, 7) is 8.71. The van der Waals surface area contributed by atoms with Gasteiger partial charge in [0.05, 0.1) is 12.2 Å². The van der Waals surface area contributed by atoms with Gasteiger partial charge in [0.1, 0.15) is 0 Å². The lowest BCUT2D eigenvalue weighted by atomic mass is 9.70. The van der Waals surface area contributed by atoms with E-state index in [-0.39, 0.29) is 29.0 Å². The molecule has 5 unspecified atom stereocenters. The van der Waals surface area contributed by atoms with Crippen LogP contribution in [0.15, 0.2) is 0 Å². The van der Waals surface area contributed by atoms with Crippen LogP contribution in [0.25, 0.3) is 0 Å². The average molecular weight is 212 g/mol. The molecule has 2 bridgehead atoms. The second-order valence-corrected chi connectivity index (χ2v) is 6.28. The van der Waals surface area contributed by atoms with E-state index < -0.39 is 0 Å². The number of rotatable bonds is 2. The highest BCUT2D eigenvalue weighted by atomic mass is 16.3. The van der Waals surface area contributed by atoms with E-state index >= 15 is 0 Å². The normalized spacial score (nSPS) is 49.6. The van der Waals surface area contributed by atoms with Crippen LogP contribution in [0.3, 0.4) is 0 Å². The van der Waals surface area contributed by atoms with Gasteiger partial charge in [0, 0.05) is 5.92 Å². The van der Waals surface area contributed by atoms with Crippen LogP contribution in [0.2, 0.25) is 0 Å². The largest absolute Gasteiger partial charge is 0.393 e. The number of fused-ring (bicyclic) bond motifs is 2. The van der Waals surface area contributed by atoms with Crippen molar-refractivity contribution in [3.63, 3.8) is 0 Å². The van der Waals surface area contributed by atoms with Crippen molar-refractivity contribution < 1.29 is 10.2 Å². The summed E-state index contributed by atoms with van der Waals surface area (Å²) in [5.74, 6) is 0.594. The van der Waals surface area contributed by atoms with E-state index in [0.717, 1.165) is 12.8 Å². The smallest absolute Gasteiger partial charge is 0.0654 e. The third-order valence-electron chi connectivity index (χ3n) is 5.72. The highest BCUT2D eigenvalue weighted by Gasteiger charge is 2.66. The van der Waals surface area contributed by atoms with Gasteiger partial charge in [0.2, 0.25) is 0 Å². The van der Waals surface area contributed by atoms with Gasteiger partial charge < -0.3 is 10.2 Å². The first-order valence-electron chi connectivity index (χ1n) is 6.22. The first kappa shape index (κ1) is 11.4. The van der Waals surface area contributed by atoms with Gasteiger partial charge in [-0.3, -0.25) is 0 Å². The van der Waals surface area contributed by atoms with Crippen molar-refractivity contribution in [2.45, 2.75) is 59.2 Å². The zero-order chi connectivity index (χ0) is 11.4. The van der Waals surface area contributed by atoms with E-state index in [9.17, 15) is 10.2 Å². The summed E-state index contributed by atoms with van der Waals surface area (Å²) < 4.78 is 0. The van der Waals surface area contributed by atoms with Crippen molar-refractivity contribution in [3.8, 4) is 0 Å². The fourth-order valence-electron chi connectivity index (χ4n) is 4.16. The number of aliphatic hydroxyl groups is 2. The average Bonchev–Trinajstić information content (AvgIpc) is 2.48. The van der Waals surface area contributed by atoms with Gasteiger partial charge in [-0.2, -0.15) is 0 Å². The molecule has 0 spiro atoms. The maximum Gasteiger partial charge on any atom is 0.0654 e. The Bertz CT molecular complexity index is 261. The van der Waals surface area contributed by atoms with Gasteiger partial charge in [-0.15, -0.1) is 0 Å². The molecule has 0 aromatic rings. The topological polar surface area (TPSA) is 40.5 Å². The maximum atomic E-state index is 10.4.